The molecule has 0 radical (unpaired) electrons. The lowest BCUT2D eigenvalue weighted by atomic mass is 10.2. The zero-order valence-corrected chi connectivity index (χ0v) is 15.6. The summed E-state index contributed by atoms with van der Waals surface area (Å²) in [6.07, 6.45) is 6.29. The van der Waals surface area contributed by atoms with Crippen LogP contribution >= 0.6 is 31.9 Å². The van der Waals surface area contributed by atoms with Gasteiger partial charge in [0.1, 0.15) is 5.75 Å². The van der Waals surface area contributed by atoms with E-state index in [0.717, 1.165) is 40.8 Å². The topological polar surface area (TPSA) is 21.3 Å². The lowest BCUT2D eigenvalue weighted by Crippen LogP contribution is -2.11. The van der Waals surface area contributed by atoms with Crippen LogP contribution in [0.5, 0.6) is 5.75 Å². The summed E-state index contributed by atoms with van der Waals surface area (Å²) in [5.74, 6) is 0.917. The minimum Gasteiger partial charge on any atom is -0.491 e. The minimum atomic E-state index is 0.785. The monoisotopic (exact) mass is 405 g/mol. The lowest BCUT2D eigenvalue weighted by Gasteiger charge is -2.12. The fraction of sp³-hybridized carbons (Fsp3) is 0.625. The van der Waals surface area contributed by atoms with Crippen LogP contribution in [0, 0.1) is 0 Å². The summed E-state index contributed by atoms with van der Waals surface area (Å²) < 4.78 is 7.94. The second kappa shape index (κ2) is 10.6. The van der Waals surface area contributed by atoms with E-state index in [1.807, 2.05) is 0 Å². The van der Waals surface area contributed by atoms with E-state index in [1.54, 1.807) is 0 Å². The van der Waals surface area contributed by atoms with E-state index in [4.69, 9.17) is 4.74 Å². The second-order valence-electron chi connectivity index (χ2n) is 4.93. The molecule has 0 aliphatic rings. The van der Waals surface area contributed by atoms with Gasteiger partial charge in [0.25, 0.3) is 0 Å². The largest absolute Gasteiger partial charge is 0.491 e. The summed E-state index contributed by atoms with van der Waals surface area (Å²) in [4.78, 5) is 0. The fourth-order valence-electron chi connectivity index (χ4n) is 2.00. The van der Waals surface area contributed by atoms with Crippen LogP contribution in [0.4, 0.5) is 0 Å². The Bertz CT molecular complexity index is 373. The third kappa shape index (κ3) is 6.59. The van der Waals surface area contributed by atoms with Crippen molar-refractivity contribution >= 4 is 31.9 Å². The molecule has 0 fully saturated rings. The first-order valence-corrected chi connectivity index (χ1v) is 9.09. The number of ether oxygens (including phenoxy) is 1. The van der Waals surface area contributed by atoms with E-state index in [9.17, 15) is 0 Å². The van der Waals surface area contributed by atoms with Crippen molar-refractivity contribution < 1.29 is 4.74 Å². The van der Waals surface area contributed by atoms with Crippen LogP contribution in [0.3, 0.4) is 0 Å². The summed E-state index contributed by atoms with van der Waals surface area (Å²) >= 11 is 7.20. The first kappa shape index (κ1) is 18.0. The Balaban J connectivity index is 2.45. The van der Waals surface area contributed by atoms with Gasteiger partial charge in [-0.05, 0) is 62.5 Å². The summed E-state index contributed by atoms with van der Waals surface area (Å²) in [7, 11) is 0. The van der Waals surface area contributed by atoms with Crippen LogP contribution in [-0.2, 0) is 6.54 Å². The molecular weight excluding hydrogens is 382 g/mol. The summed E-state index contributed by atoms with van der Waals surface area (Å²) in [5, 5.41) is 3.33. The maximum Gasteiger partial charge on any atom is 0.147 e. The molecule has 0 saturated carbocycles. The lowest BCUT2D eigenvalue weighted by molar-refractivity contribution is 0.301. The SMILES string of the molecule is CCCCCCCOc1c(Br)cc(CNCC)cc1Br. The standard InChI is InChI=1S/C16H25Br2NO/c1-3-5-6-7-8-9-20-16-14(17)10-13(11-15(16)18)12-19-4-2/h10-11,19H,3-9,12H2,1-2H3. The third-order valence-electron chi connectivity index (χ3n) is 3.13. The Morgan fingerprint density at radius 3 is 2.25 bits per heavy atom. The molecule has 0 saturated heterocycles. The van der Waals surface area contributed by atoms with Crippen LogP contribution in [0.25, 0.3) is 0 Å². The highest BCUT2D eigenvalue weighted by Gasteiger charge is 2.08. The molecule has 0 bridgehead atoms. The highest BCUT2D eigenvalue weighted by Crippen LogP contribution is 2.35. The third-order valence-corrected chi connectivity index (χ3v) is 4.31. The van der Waals surface area contributed by atoms with Gasteiger partial charge in [-0.3, -0.25) is 0 Å². The molecule has 0 aliphatic carbocycles. The number of nitrogens with one attached hydrogen (secondary N) is 1. The molecule has 0 spiro atoms. The number of hydrogen-bond acceptors (Lipinski definition) is 2. The summed E-state index contributed by atoms with van der Waals surface area (Å²) in [6, 6.07) is 4.25. The van der Waals surface area contributed by atoms with Gasteiger partial charge < -0.3 is 10.1 Å². The van der Waals surface area contributed by atoms with Gasteiger partial charge in [0.15, 0.2) is 0 Å². The number of rotatable bonds is 10. The van der Waals surface area contributed by atoms with E-state index in [-0.39, 0.29) is 0 Å². The Labute approximate surface area is 139 Å². The van der Waals surface area contributed by atoms with Gasteiger partial charge in [-0.15, -0.1) is 0 Å². The predicted molar refractivity (Wildman–Crippen MR) is 93.5 cm³/mol. The van der Waals surface area contributed by atoms with Crippen LogP contribution in [-0.4, -0.2) is 13.2 Å². The minimum absolute atomic E-state index is 0.785. The van der Waals surface area contributed by atoms with Crippen molar-refractivity contribution in [3.05, 3.63) is 26.6 Å². The van der Waals surface area contributed by atoms with Crippen LogP contribution in [0.15, 0.2) is 21.1 Å². The van der Waals surface area contributed by atoms with Crippen molar-refractivity contribution in [1.82, 2.24) is 5.32 Å². The number of benzene rings is 1. The molecule has 0 atom stereocenters. The normalized spacial score (nSPS) is 10.8. The van der Waals surface area contributed by atoms with Crippen LogP contribution in [0.1, 0.15) is 51.5 Å². The average Bonchev–Trinajstić information content (AvgIpc) is 2.42. The van der Waals surface area contributed by atoms with Gasteiger partial charge in [0.05, 0.1) is 15.6 Å². The van der Waals surface area contributed by atoms with E-state index >= 15 is 0 Å². The molecule has 0 aromatic heterocycles. The Morgan fingerprint density at radius 1 is 1.00 bits per heavy atom. The van der Waals surface area contributed by atoms with E-state index in [0.29, 0.717) is 0 Å². The molecular formula is C16H25Br2NO. The molecule has 114 valence electrons. The molecule has 20 heavy (non-hydrogen) atoms. The van der Waals surface area contributed by atoms with Crippen LogP contribution in [0.2, 0.25) is 0 Å². The van der Waals surface area contributed by atoms with Crippen molar-refractivity contribution in [3.8, 4) is 5.75 Å². The van der Waals surface area contributed by atoms with Crippen molar-refractivity contribution in [2.75, 3.05) is 13.2 Å². The van der Waals surface area contributed by atoms with Gasteiger partial charge >= 0.3 is 0 Å². The smallest absolute Gasteiger partial charge is 0.147 e. The van der Waals surface area contributed by atoms with Crippen molar-refractivity contribution in [3.63, 3.8) is 0 Å². The first-order valence-electron chi connectivity index (χ1n) is 7.50. The molecule has 0 aliphatic heterocycles. The van der Waals surface area contributed by atoms with Gasteiger partial charge in [-0.2, -0.15) is 0 Å². The maximum absolute atomic E-state index is 5.89. The maximum atomic E-state index is 5.89. The predicted octanol–water partition coefficient (Wildman–Crippen LogP) is 5.67. The second-order valence-corrected chi connectivity index (χ2v) is 6.64. The van der Waals surface area contributed by atoms with E-state index < -0.39 is 0 Å². The van der Waals surface area contributed by atoms with Crippen molar-refractivity contribution in [1.29, 1.82) is 0 Å². The molecule has 1 N–H and O–H groups in total. The molecule has 0 amide bonds. The van der Waals surface area contributed by atoms with Gasteiger partial charge in [-0.25, -0.2) is 0 Å². The van der Waals surface area contributed by atoms with E-state index in [2.05, 4.69) is 63.2 Å². The molecule has 0 unspecified atom stereocenters. The van der Waals surface area contributed by atoms with E-state index in [1.165, 1.54) is 31.2 Å². The van der Waals surface area contributed by atoms with Gasteiger partial charge in [0, 0.05) is 6.54 Å². The zero-order chi connectivity index (χ0) is 14.8. The quantitative estimate of drug-likeness (QED) is 0.505. The summed E-state index contributed by atoms with van der Waals surface area (Å²) in [6.45, 7) is 6.99. The molecule has 1 rings (SSSR count). The Kier molecular flexibility index (Phi) is 9.57. The van der Waals surface area contributed by atoms with Crippen molar-refractivity contribution in [2.24, 2.45) is 0 Å². The average molecular weight is 407 g/mol. The number of hydrogen-bond donors (Lipinski definition) is 1. The first-order chi connectivity index (χ1) is 9.69. The highest BCUT2D eigenvalue weighted by molar-refractivity contribution is 9.11. The van der Waals surface area contributed by atoms with Gasteiger partial charge in [0.2, 0.25) is 0 Å². The Hall–Kier alpha value is -0.0600. The number of unbranched alkanes of at least 4 members (excludes halogenated alkanes) is 4. The molecule has 1 aromatic carbocycles. The van der Waals surface area contributed by atoms with Crippen LogP contribution < -0.4 is 10.1 Å². The Morgan fingerprint density at radius 2 is 1.65 bits per heavy atom. The zero-order valence-electron chi connectivity index (χ0n) is 12.5. The molecule has 4 heteroatoms. The molecule has 1 aromatic rings. The highest BCUT2D eigenvalue weighted by atomic mass is 79.9. The van der Waals surface area contributed by atoms with Crippen molar-refractivity contribution in [2.45, 2.75) is 52.5 Å². The number of halogens is 2. The molecule has 0 heterocycles. The fourth-order valence-corrected chi connectivity index (χ4v) is 3.51. The summed E-state index contributed by atoms with van der Waals surface area (Å²) in [5.41, 5.74) is 1.25. The molecule has 2 nitrogen and oxygen atoms in total. The van der Waals surface area contributed by atoms with Gasteiger partial charge in [-0.1, -0.05) is 39.5 Å².